The summed E-state index contributed by atoms with van der Waals surface area (Å²) in [6.45, 7) is 9.67. The van der Waals surface area contributed by atoms with Crippen molar-refractivity contribution in [2.75, 3.05) is 19.7 Å². The third-order valence-corrected chi connectivity index (χ3v) is 6.95. The van der Waals surface area contributed by atoms with Crippen LogP contribution in [0.5, 0.6) is 0 Å². The number of hydroxylamine groups is 1. The first kappa shape index (κ1) is 25.1. The maximum absolute atomic E-state index is 11.2. The molecule has 1 aliphatic rings. The summed E-state index contributed by atoms with van der Waals surface area (Å²) in [5.74, 6) is -0.0757. The Labute approximate surface area is 197 Å². The van der Waals surface area contributed by atoms with E-state index in [1.807, 2.05) is 12.1 Å². The van der Waals surface area contributed by atoms with Gasteiger partial charge in [0.05, 0.1) is 5.69 Å². The van der Waals surface area contributed by atoms with Gasteiger partial charge in [0, 0.05) is 37.5 Å². The number of aromatic nitrogens is 2. The summed E-state index contributed by atoms with van der Waals surface area (Å²) in [4.78, 5) is 13.7. The first-order valence-corrected chi connectivity index (χ1v) is 12.1. The number of carbonyl (C=O) groups excluding carboxylic acids is 1. The Morgan fingerprint density at radius 2 is 2.06 bits per heavy atom. The lowest BCUT2D eigenvalue weighted by Gasteiger charge is -2.25. The van der Waals surface area contributed by atoms with E-state index in [2.05, 4.69) is 42.5 Å². The van der Waals surface area contributed by atoms with E-state index < -0.39 is 5.91 Å². The molecule has 1 aromatic carbocycles. The molecule has 1 aliphatic heterocycles. The van der Waals surface area contributed by atoms with Crippen LogP contribution < -0.4 is 5.48 Å². The van der Waals surface area contributed by atoms with Gasteiger partial charge in [-0.2, -0.15) is 5.10 Å². The second-order valence-corrected chi connectivity index (χ2v) is 9.04. The van der Waals surface area contributed by atoms with Crippen molar-refractivity contribution in [3.05, 3.63) is 58.4 Å². The minimum Gasteiger partial charge on any atom is -0.396 e. The normalized spacial score (nSPS) is 17.7. The highest BCUT2D eigenvalue weighted by Gasteiger charge is 2.26. The second kappa shape index (κ2) is 12.1. The van der Waals surface area contributed by atoms with Crippen molar-refractivity contribution in [1.29, 1.82) is 0 Å². The minimum absolute atomic E-state index is 0.232. The van der Waals surface area contributed by atoms with Gasteiger partial charge in [0.15, 0.2) is 0 Å². The van der Waals surface area contributed by atoms with Gasteiger partial charge in [-0.25, -0.2) is 5.48 Å². The molecule has 3 N–H and O–H groups in total. The number of carbonyl (C=O) groups is 1. The van der Waals surface area contributed by atoms with Gasteiger partial charge in [-0.15, -0.1) is 0 Å². The quantitative estimate of drug-likeness (QED) is 0.273. The highest BCUT2D eigenvalue weighted by Crippen LogP contribution is 2.32. The van der Waals surface area contributed by atoms with Crippen LogP contribution in [0.15, 0.2) is 30.3 Å². The summed E-state index contributed by atoms with van der Waals surface area (Å²) >= 11 is 0. The Morgan fingerprint density at radius 1 is 1.30 bits per heavy atom. The van der Waals surface area contributed by atoms with Crippen molar-refractivity contribution in [1.82, 2.24) is 20.2 Å². The molecule has 1 fully saturated rings. The topological polar surface area (TPSA) is 90.6 Å². The predicted molar refractivity (Wildman–Crippen MR) is 130 cm³/mol. The molecule has 180 valence electrons. The minimum atomic E-state index is -0.534. The van der Waals surface area contributed by atoms with Gasteiger partial charge in [-0.3, -0.25) is 19.6 Å². The molecule has 0 aliphatic carbocycles. The van der Waals surface area contributed by atoms with Crippen molar-refractivity contribution in [3.63, 3.8) is 0 Å². The molecule has 2 atom stereocenters. The molecule has 0 spiro atoms. The number of aliphatic hydroxyl groups is 1. The van der Waals surface area contributed by atoms with Crippen molar-refractivity contribution in [2.24, 2.45) is 5.92 Å². The van der Waals surface area contributed by atoms with Crippen LogP contribution in [0, 0.1) is 19.8 Å². The fraction of sp³-hybridized carbons (Fsp3) is 0.538. The van der Waals surface area contributed by atoms with E-state index in [4.69, 9.17) is 10.3 Å². The molecule has 1 saturated heterocycles. The van der Waals surface area contributed by atoms with E-state index in [-0.39, 0.29) is 6.61 Å². The molecule has 0 radical (unpaired) electrons. The Bertz CT molecular complexity index is 936. The van der Waals surface area contributed by atoms with Crippen molar-refractivity contribution < 1.29 is 15.1 Å². The number of hydrogen-bond acceptors (Lipinski definition) is 5. The molecule has 1 amide bonds. The van der Waals surface area contributed by atoms with E-state index in [0.717, 1.165) is 56.6 Å². The molecule has 7 heteroatoms. The number of hydrogen-bond donors (Lipinski definition) is 3. The van der Waals surface area contributed by atoms with E-state index >= 15 is 0 Å². The van der Waals surface area contributed by atoms with Crippen molar-refractivity contribution >= 4 is 12.0 Å². The Morgan fingerprint density at radius 3 is 2.73 bits per heavy atom. The molecule has 33 heavy (non-hydrogen) atoms. The van der Waals surface area contributed by atoms with Crippen LogP contribution in [0.25, 0.3) is 6.08 Å². The van der Waals surface area contributed by atoms with Crippen LogP contribution in [0.4, 0.5) is 0 Å². The second-order valence-electron chi connectivity index (χ2n) is 9.04. The lowest BCUT2D eigenvalue weighted by Crippen LogP contribution is -2.26. The first-order chi connectivity index (χ1) is 16.0. The SMILES string of the molecule is CC[C@@H](CCO)Cn1nc(C)c(CCN2CCCC2c2ccc(/C=C/C(=O)NO)cc2)c1C. The number of benzene rings is 1. The maximum Gasteiger partial charge on any atom is 0.267 e. The third kappa shape index (κ3) is 6.53. The molecule has 3 rings (SSSR count). The van der Waals surface area contributed by atoms with Crippen molar-refractivity contribution in [2.45, 2.75) is 65.5 Å². The van der Waals surface area contributed by atoms with Gasteiger partial charge in [0.1, 0.15) is 0 Å². The number of nitrogens with one attached hydrogen (secondary N) is 1. The van der Waals surface area contributed by atoms with Crippen LogP contribution in [0.2, 0.25) is 0 Å². The molecule has 0 bridgehead atoms. The number of aliphatic hydroxyl groups excluding tert-OH is 1. The molecule has 1 aromatic heterocycles. The number of aryl methyl sites for hydroxylation is 1. The van der Waals surface area contributed by atoms with Gasteiger partial charge < -0.3 is 5.11 Å². The van der Waals surface area contributed by atoms with Gasteiger partial charge in [-0.05, 0) is 74.8 Å². The van der Waals surface area contributed by atoms with Gasteiger partial charge in [0.2, 0.25) is 0 Å². The van der Waals surface area contributed by atoms with Crippen LogP contribution >= 0.6 is 0 Å². The molecule has 2 aromatic rings. The fourth-order valence-corrected chi connectivity index (χ4v) is 4.89. The highest BCUT2D eigenvalue weighted by molar-refractivity contribution is 5.90. The number of rotatable bonds is 11. The van der Waals surface area contributed by atoms with Crippen LogP contribution in [-0.4, -0.2) is 50.6 Å². The molecular formula is C26H38N4O3. The summed E-state index contributed by atoms with van der Waals surface area (Å²) in [6, 6.07) is 8.72. The number of amides is 1. The molecular weight excluding hydrogens is 416 g/mol. The summed E-state index contributed by atoms with van der Waals surface area (Å²) in [7, 11) is 0. The monoisotopic (exact) mass is 454 g/mol. The first-order valence-electron chi connectivity index (χ1n) is 12.1. The van der Waals surface area contributed by atoms with E-state index in [1.54, 1.807) is 11.6 Å². The molecule has 1 unspecified atom stereocenters. The molecule has 0 saturated carbocycles. The van der Waals surface area contributed by atoms with E-state index in [1.165, 1.54) is 29.3 Å². The van der Waals surface area contributed by atoms with Crippen LogP contribution in [0.1, 0.15) is 66.7 Å². The standard InChI is InChI=1S/C26H38N4O3/c1-4-21(14-17-31)18-30-20(3)24(19(2)27-30)13-16-29-15-5-6-25(29)23-10-7-22(8-11-23)9-12-26(32)28-33/h7-12,21,25,31,33H,4-6,13-18H2,1-3H3,(H,28,32)/b12-9+/t21-,25?/m0/s1. The largest absolute Gasteiger partial charge is 0.396 e. The Balaban J connectivity index is 1.63. The number of likely N-dealkylation sites (tertiary alicyclic amines) is 1. The van der Waals surface area contributed by atoms with E-state index in [0.29, 0.717) is 12.0 Å². The maximum atomic E-state index is 11.2. The zero-order valence-corrected chi connectivity index (χ0v) is 20.1. The van der Waals surface area contributed by atoms with E-state index in [9.17, 15) is 9.90 Å². The average molecular weight is 455 g/mol. The van der Waals surface area contributed by atoms with Crippen molar-refractivity contribution in [3.8, 4) is 0 Å². The highest BCUT2D eigenvalue weighted by atomic mass is 16.5. The number of nitrogens with zero attached hydrogens (tertiary/aromatic N) is 3. The van der Waals surface area contributed by atoms with Gasteiger partial charge in [-0.1, -0.05) is 37.6 Å². The zero-order valence-electron chi connectivity index (χ0n) is 20.1. The zero-order chi connectivity index (χ0) is 23.8. The lowest BCUT2D eigenvalue weighted by atomic mass is 10.0. The van der Waals surface area contributed by atoms with Gasteiger partial charge >= 0.3 is 0 Å². The molecule has 7 nitrogen and oxygen atoms in total. The van der Waals surface area contributed by atoms with Gasteiger partial charge in [0.25, 0.3) is 5.91 Å². The van der Waals surface area contributed by atoms with Crippen LogP contribution in [-0.2, 0) is 17.8 Å². The fourth-order valence-electron chi connectivity index (χ4n) is 4.89. The Hall–Kier alpha value is -2.48. The predicted octanol–water partition coefficient (Wildman–Crippen LogP) is 3.81. The average Bonchev–Trinajstić information content (AvgIpc) is 3.40. The lowest BCUT2D eigenvalue weighted by molar-refractivity contribution is -0.124. The summed E-state index contributed by atoms with van der Waals surface area (Å²) < 4.78 is 2.14. The summed E-state index contributed by atoms with van der Waals surface area (Å²) in [5.41, 5.74) is 7.55. The molecule has 2 heterocycles. The Kier molecular flexibility index (Phi) is 9.23. The third-order valence-electron chi connectivity index (χ3n) is 6.95. The summed E-state index contributed by atoms with van der Waals surface area (Å²) in [5, 5.41) is 22.7. The smallest absolute Gasteiger partial charge is 0.267 e. The van der Waals surface area contributed by atoms with Crippen LogP contribution in [0.3, 0.4) is 0 Å². The summed E-state index contributed by atoms with van der Waals surface area (Å²) in [6.07, 6.45) is 8.21.